The Hall–Kier alpha value is -2.71. The molecule has 0 aliphatic carbocycles. The van der Waals surface area contributed by atoms with Crippen molar-refractivity contribution < 1.29 is 14.4 Å². The Morgan fingerprint density at radius 2 is 1.64 bits per heavy atom. The Kier molecular flexibility index (Phi) is 6.78. The van der Waals surface area contributed by atoms with Crippen LogP contribution in [0.1, 0.15) is 40.2 Å². The summed E-state index contributed by atoms with van der Waals surface area (Å²) in [5.74, 6) is -0.415. The van der Waals surface area contributed by atoms with Gasteiger partial charge in [0, 0.05) is 36.1 Å². The monoisotopic (exact) mass is 413 g/mol. The first-order valence-corrected chi connectivity index (χ1v) is 10.4. The van der Waals surface area contributed by atoms with Gasteiger partial charge in [0.2, 0.25) is 11.0 Å². The van der Waals surface area contributed by atoms with E-state index in [-0.39, 0.29) is 43.2 Å². The van der Waals surface area contributed by atoms with Gasteiger partial charge in [0.15, 0.2) is 5.78 Å². The van der Waals surface area contributed by atoms with Crippen LogP contribution in [0, 0.1) is 6.92 Å². The predicted molar refractivity (Wildman–Crippen MR) is 111 cm³/mol. The quantitative estimate of drug-likeness (QED) is 0.521. The number of hydrogen-bond donors (Lipinski definition) is 1. The highest BCUT2D eigenvalue weighted by atomic mass is 32.1. The number of ketones is 2. The zero-order valence-corrected chi connectivity index (χ0v) is 16.9. The fourth-order valence-electron chi connectivity index (χ4n) is 2.49. The van der Waals surface area contributed by atoms with Crippen molar-refractivity contribution >= 4 is 45.3 Å². The van der Waals surface area contributed by atoms with Gasteiger partial charge in [-0.1, -0.05) is 41.7 Å². The Morgan fingerprint density at radius 1 is 0.893 bits per heavy atom. The highest BCUT2D eigenvalue weighted by Gasteiger charge is 2.14. The summed E-state index contributed by atoms with van der Waals surface area (Å²) in [5.41, 5.74) is 0.932. The normalized spacial score (nSPS) is 10.6. The molecule has 0 radical (unpaired) electrons. The summed E-state index contributed by atoms with van der Waals surface area (Å²) in [6.45, 7) is 1.94. The molecule has 0 spiro atoms. The summed E-state index contributed by atoms with van der Waals surface area (Å²) in [4.78, 5) is 37.8. The van der Waals surface area contributed by atoms with E-state index in [1.54, 1.807) is 6.07 Å². The Bertz CT molecular complexity index is 980. The third-order valence-electron chi connectivity index (χ3n) is 3.97. The molecular formula is C20H19N3O3S2. The van der Waals surface area contributed by atoms with E-state index in [0.717, 1.165) is 10.4 Å². The van der Waals surface area contributed by atoms with Crippen LogP contribution in [0.4, 0.5) is 5.13 Å². The average Bonchev–Trinajstić information content (AvgIpc) is 3.34. The topological polar surface area (TPSA) is 89.0 Å². The molecule has 2 aromatic heterocycles. The lowest BCUT2D eigenvalue weighted by atomic mass is 10.1. The zero-order valence-electron chi connectivity index (χ0n) is 15.3. The van der Waals surface area contributed by atoms with Crippen molar-refractivity contribution in [1.29, 1.82) is 0 Å². The fraction of sp³-hybridized carbons (Fsp3) is 0.250. The van der Waals surface area contributed by atoms with Crippen molar-refractivity contribution in [3.05, 3.63) is 52.2 Å². The highest BCUT2D eigenvalue weighted by Crippen LogP contribution is 2.26. The maximum absolute atomic E-state index is 12.0. The molecule has 0 saturated heterocycles. The summed E-state index contributed by atoms with van der Waals surface area (Å²) < 4.78 is 0. The molecule has 0 saturated carbocycles. The van der Waals surface area contributed by atoms with Crippen LogP contribution in [0.2, 0.25) is 0 Å². The van der Waals surface area contributed by atoms with Crippen molar-refractivity contribution in [2.75, 3.05) is 5.32 Å². The number of carbonyl (C=O) groups excluding carboxylic acids is 3. The van der Waals surface area contributed by atoms with Crippen molar-refractivity contribution in [3.63, 3.8) is 0 Å². The molecule has 0 fully saturated rings. The molecule has 0 unspecified atom stereocenters. The third-order valence-corrected chi connectivity index (χ3v) is 5.90. The number of nitrogens with one attached hydrogen (secondary N) is 1. The van der Waals surface area contributed by atoms with E-state index in [1.807, 2.05) is 43.3 Å². The maximum atomic E-state index is 12.0. The van der Waals surface area contributed by atoms with Crippen molar-refractivity contribution in [3.8, 4) is 10.6 Å². The van der Waals surface area contributed by atoms with Gasteiger partial charge in [-0.05, 0) is 19.1 Å². The van der Waals surface area contributed by atoms with E-state index in [1.165, 1.54) is 22.7 Å². The van der Waals surface area contributed by atoms with Gasteiger partial charge in [0.25, 0.3) is 0 Å². The first-order chi connectivity index (χ1) is 13.5. The molecule has 1 N–H and O–H groups in total. The van der Waals surface area contributed by atoms with Crippen LogP contribution in [0.5, 0.6) is 0 Å². The van der Waals surface area contributed by atoms with E-state index in [0.29, 0.717) is 15.0 Å². The van der Waals surface area contributed by atoms with Gasteiger partial charge in [-0.2, -0.15) is 0 Å². The molecule has 28 heavy (non-hydrogen) atoms. The Morgan fingerprint density at radius 3 is 2.36 bits per heavy atom. The van der Waals surface area contributed by atoms with Gasteiger partial charge < -0.3 is 5.32 Å². The zero-order chi connectivity index (χ0) is 19.9. The van der Waals surface area contributed by atoms with Crippen LogP contribution in [-0.4, -0.2) is 27.7 Å². The highest BCUT2D eigenvalue weighted by molar-refractivity contribution is 7.18. The molecule has 8 heteroatoms. The van der Waals surface area contributed by atoms with Gasteiger partial charge in [-0.15, -0.1) is 21.5 Å². The minimum atomic E-state index is -0.288. The van der Waals surface area contributed by atoms with E-state index < -0.39 is 0 Å². The van der Waals surface area contributed by atoms with Gasteiger partial charge >= 0.3 is 0 Å². The van der Waals surface area contributed by atoms with Crippen LogP contribution in [0.3, 0.4) is 0 Å². The first-order valence-electron chi connectivity index (χ1n) is 8.81. The molecule has 2 heterocycles. The van der Waals surface area contributed by atoms with Gasteiger partial charge in [-0.3, -0.25) is 14.4 Å². The Labute approximate surface area is 170 Å². The number of aryl methyl sites for hydroxylation is 1. The molecule has 0 aliphatic rings. The van der Waals surface area contributed by atoms with E-state index >= 15 is 0 Å². The first kappa shape index (κ1) is 20.0. The smallest absolute Gasteiger partial charge is 0.226 e. The van der Waals surface area contributed by atoms with Crippen molar-refractivity contribution in [1.82, 2.24) is 10.2 Å². The van der Waals surface area contributed by atoms with Crippen LogP contribution >= 0.6 is 22.7 Å². The summed E-state index contributed by atoms with van der Waals surface area (Å²) in [7, 11) is 0. The Balaban J connectivity index is 1.41. The number of carbonyl (C=O) groups is 3. The van der Waals surface area contributed by atoms with Crippen molar-refractivity contribution in [2.24, 2.45) is 0 Å². The molecule has 3 aromatic rings. The second-order valence-electron chi connectivity index (χ2n) is 6.20. The van der Waals surface area contributed by atoms with E-state index in [2.05, 4.69) is 15.5 Å². The lowest BCUT2D eigenvalue weighted by Gasteiger charge is -2.01. The molecule has 3 rings (SSSR count). The lowest BCUT2D eigenvalue weighted by molar-refractivity contribution is -0.122. The number of Topliss-reactive ketones (excluding diaryl/α,β-unsaturated/α-hetero) is 2. The number of hydrogen-bond acceptors (Lipinski definition) is 7. The summed E-state index contributed by atoms with van der Waals surface area (Å²) in [6, 6.07) is 13.2. The number of nitrogens with zero attached hydrogens (tertiary/aromatic N) is 2. The van der Waals surface area contributed by atoms with Gasteiger partial charge in [0.05, 0.1) is 4.88 Å². The number of anilines is 1. The SMILES string of the molecule is Cc1ccc(C(=O)CCC(=O)CCC(=O)Nc2nnc(-c3ccccc3)s2)s1. The molecule has 144 valence electrons. The van der Waals surface area contributed by atoms with Gasteiger partial charge in [0.1, 0.15) is 10.8 Å². The molecular weight excluding hydrogens is 394 g/mol. The lowest BCUT2D eigenvalue weighted by Crippen LogP contribution is -2.13. The van der Waals surface area contributed by atoms with Crippen LogP contribution in [0.25, 0.3) is 10.6 Å². The minimum absolute atomic E-state index is 0.0294. The standard InChI is InChI=1S/C20H19N3O3S2/c1-13-7-11-17(27-13)16(25)10-8-15(24)9-12-18(26)21-20-23-22-19(28-20)14-5-3-2-4-6-14/h2-7,11H,8-10,12H2,1H3,(H,21,23,26). The van der Waals surface area contributed by atoms with E-state index in [9.17, 15) is 14.4 Å². The second-order valence-corrected chi connectivity index (χ2v) is 8.46. The van der Waals surface area contributed by atoms with Crippen molar-refractivity contribution in [2.45, 2.75) is 32.6 Å². The molecule has 0 aliphatic heterocycles. The molecule has 6 nitrogen and oxygen atoms in total. The molecule has 1 amide bonds. The minimum Gasteiger partial charge on any atom is -0.301 e. The third kappa shape index (κ3) is 5.64. The van der Waals surface area contributed by atoms with Crippen LogP contribution < -0.4 is 5.32 Å². The predicted octanol–water partition coefficient (Wildman–Crippen LogP) is 4.53. The van der Waals surface area contributed by atoms with E-state index in [4.69, 9.17) is 0 Å². The number of benzene rings is 1. The number of amides is 1. The van der Waals surface area contributed by atoms with Crippen LogP contribution in [0.15, 0.2) is 42.5 Å². The second kappa shape index (κ2) is 9.48. The number of thiophene rings is 1. The summed E-state index contributed by atoms with van der Waals surface area (Å²) >= 11 is 2.71. The number of aromatic nitrogens is 2. The fourth-order valence-corrected chi connectivity index (χ4v) is 4.09. The summed E-state index contributed by atoms with van der Waals surface area (Å²) in [5, 5.41) is 11.8. The van der Waals surface area contributed by atoms with Gasteiger partial charge in [-0.25, -0.2) is 0 Å². The van der Waals surface area contributed by atoms with Crippen LogP contribution in [-0.2, 0) is 9.59 Å². The maximum Gasteiger partial charge on any atom is 0.226 e. The largest absolute Gasteiger partial charge is 0.301 e. The average molecular weight is 414 g/mol. The molecule has 1 aromatic carbocycles. The number of rotatable bonds is 9. The summed E-state index contributed by atoms with van der Waals surface area (Å²) in [6.07, 6.45) is 0.496. The molecule has 0 bridgehead atoms. The molecule has 0 atom stereocenters.